The minimum atomic E-state index is 0. The van der Waals surface area contributed by atoms with Crippen molar-refractivity contribution in [3.05, 3.63) is 150 Å². The summed E-state index contributed by atoms with van der Waals surface area (Å²) in [6, 6.07) is 31.6. The zero-order chi connectivity index (χ0) is 29.5. The van der Waals surface area contributed by atoms with E-state index in [1.165, 1.54) is 38.2 Å². The van der Waals surface area contributed by atoms with Crippen LogP contribution in [-0.2, 0) is 32.9 Å². The number of aromatic nitrogens is 1. The van der Waals surface area contributed by atoms with Crippen molar-refractivity contribution in [2.24, 2.45) is 5.41 Å². The summed E-state index contributed by atoms with van der Waals surface area (Å²) in [5.74, 6) is 0. The first-order valence-corrected chi connectivity index (χ1v) is 14.7. The molecule has 1 unspecified atom stereocenters. The zero-order valence-electron chi connectivity index (χ0n) is 25.7. The van der Waals surface area contributed by atoms with Gasteiger partial charge >= 0.3 is 20.1 Å². The van der Waals surface area contributed by atoms with Crippen LogP contribution in [0.25, 0.3) is 38.1 Å². The van der Waals surface area contributed by atoms with Gasteiger partial charge in [-0.25, -0.2) is 0 Å². The monoisotopic (exact) mass is 743 g/mol. The molecule has 4 aromatic carbocycles. The molecule has 0 saturated heterocycles. The van der Waals surface area contributed by atoms with Crippen LogP contribution in [0, 0.1) is 31.9 Å². The molecule has 5 aromatic rings. The number of hydrogen-bond donors (Lipinski definition) is 1. The molecular formula is C39H40IrN3. The van der Waals surface area contributed by atoms with Crippen molar-refractivity contribution in [3.63, 3.8) is 0 Å². The molecule has 3 nitrogen and oxygen atoms in total. The molecule has 0 amide bonds. The van der Waals surface area contributed by atoms with Crippen molar-refractivity contribution < 1.29 is 20.1 Å². The van der Waals surface area contributed by atoms with E-state index in [-0.39, 0.29) is 26.3 Å². The van der Waals surface area contributed by atoms with Crippen LogP contribution in [0.5, 0.6) is 0 Å². The van der Waals surface area contributed by atoms with Crippen LogP contribution in [0.2, 0.25) is 0 Å². The first-order valence-electron chi connectivity index (χ1n) is 14.7. The Morgan fingerprint density at radius 2 is 1.65 bits per heavy atom. The van der Waals surface area contributed by atoms with Crippen LogP contribution in [0.15, 0.2) is 109 Å². The maximum atomic E-state index is 4.70. The van der Waals surface area contributed by atoms with Crippen molar-refractivity contribution in [1.29, 1.82) is 0 Å². The summed E-state index contributed by atoms with van der Waals surface area (Å²) >= 11 is 0. The number of nitrogens with one attached hydrogen (secondary N) is 1. The molecule has 1 N–H and O–H groups in total. The fourth-order valence-corrected chi connectivity index (χ4v) is 5.43. The summed E-state index contributed by atoms with van der Waals surface area (Å²) in [7, 11) is 0. The maximum absolute atomic E-state index is 4.70. The predicted molar refractivity (Wildman–Crippen MR) is 179 cm³/mol. The average molecular weight is 743 g/mol. The van der Waals surface area contributed by atoms with E-state index in [4.69, 9.17) is 4.98 Å². The third-order valence-electron chi connectivity index (χ3n) is 7.17. The van der Waals surface area contributed by atoms with Gasteiger partial charge in [0.1, 0.15) is 0 Å². The molecule has 1 aliphatic heterocycles. The summed E-state index contributed by atoms with van der Waals surface area (Å²) in [5, 5.41) is 12.5. The molecule has 6 rings (SSSR count). The molecule has 1 aromatic heterocycles. The largest absolute Gasteiger partial charge is 3.00 e. The van der Waals surface area contributed by atoms with Crippen LogP contribution in [0.4, 0.5) is 0 Å². The number of benzene rings is 4. The van der Waals surface area contributed by atoms with Gasteiger partial charge in [-0.1, -0.05) is 125 Å². The van der Waals surface area contributed by atoms with Gasteiger partial charge in [-0.3, -0.25) is 6.54 Å². The van der Waals surface area contributed by atoms with E-state index in [1.54, 1.807) is 0 Å². The Labute approximate surface area is 270 Å². The van der Waals surface area contributed by atoms with Gasteiger partial charge in [-0.2, -0.15) is 6.20 Å². The summed E-state index contributed by atoms with van der Waals surface area (Å²) < 4.78 is 0. The summed E-state index contributed by atoms with van der Waals surface area (Å²) in [5.41, 5.74) is 7.47. The minimum absolute atomic E-state index is 0. The molecular weight excluding hydrogens is 703 g/mol. The van der Waals surface area contributed by atoms with E-state index in [9.17, 15) is 0 Å². The fraction of sp³-hybridized carbons (Fsp3) is 0.231. The molecule has 0 fully saturated rings. The minimum Gasteiger partial charge on any atom is -0.675 e. The van der Waals surface area contributed by atoms with Gasteiger partial charge in [0.25, 0.3) is 0 Å². The number of rotatable bonds is 6. The van der Waals surface area contributed by atoms with Gasteiger partial charge in [-0.05, 0) is 50.7 Å². The fourth-order valence-electron chi connectivity index (χ4n) is 5.43. The number of nitrogens with zero attached hydrogens (tertiary/aromatic N) is 2. The molecule has 43 heavy (non-hydrogen) atoms. The Morgan fingerprint density at radius 1 is 0.860 bits per heavy atom. The molecule has 0 aliphatic carbocycles. The van der Waals surface area contributed by atoms with E-state index >= 15 is 0 Å². The predicted octanol–water partition coefficient (Wildman–Crippen LogP) is 9.82. The first kappa shape index (κ1) is 32.4. The Kier molecular flexibility index (Phi) is 11.1. The van der Waals surface area contributed by atoms with E-state index in [0.29, 0.717) is 5.41 Å². The van der Waals surface area contributed by atoms with Crippen LogP contribution in [-0.4, -0.2) is 11.1 Å². The molecule has 0 radical (unpaired) electrons. The molecule has 2 heterocycles. The summed E-state index contributed by atoms with van der Waals surface area (Å²) in [6.07, 6.45) is 11.8. The second kappa shape index (κ2) is 14.8. The molecule has 4 heteroatoms. The van der Waals surface area contributed by atoms with Crippen LogP contribution in [0.1, 0.15) is 43.0 Å². The van der Waals surface area contributed by atoms with Crippen molar-refractivity contribution in [1.82, 2.24) is 10.3 Å². The Hall–Kier alpha value is -3.56. The van der Waals surface area contributed by atoms with Crippen LogP contribution in [0.3, 0.4) is 0 Å². The number of allylic oxidation sites excluding steroid dienone is 2. The second-order valence-electron chi connectivity index (χ2n) is 12.2. The third-order valence-corrected chi connectivity index (χ3v) is 7.17. The van der Waals surface area contributed by atoms with Crippen molar-refractivity contribution in [3.8, 4) is 11.3 Å². The van der Waals surface area contributed by atoms with E-state index in [2.05, 4.69) is 124 Å². The van der Waals surface area contributed by atoms with E-state index in [1.807, 2.05) is 43.2 Å². The average Bonchev–Trinajstić information content (AvgIpc) is 2.97. The number of pyridine rings is 1. The van der Waals surface area contributed by atoms with Gasteiger partial charge in [0, 0.05) is 6.20 Å². The topological polar surface area (TPSA) is 39.0 Å². The number of hydrogen-bond acceptors (Lipinski definition) is 2. The van der Waals surface area contributed by atoms with Crippen LogP contribution < -0.4 is 5.32 Å². The number of aryl methyl sites for hydroxylation is 2. The first-order chi connectivity index (χ1) is 20.2. The smallest absolute Gasteiger partial charge is 0.675 e. The summed E-state index contributed by atoms with van der Waals surface area (Å²) in [6.45, 7) is 13.1. The Morgan fingerprint density at radius 3 is 2.37 bits per heavy atom. The SMILES string of the molecule is C1=C[N-]C(N[CH-]Cc2ccccc2)C=C1.Cc1[c-]c(-c2nccc3c2ccc2cc(CC(C)(C)C)ccc23)cc(C)c1.[Ir+3]. The van der Waals surface area contributed by atoms with Gasteiger partial charge in [0.2, 0.25) is 0 Å². The van der Waals surface area contributed by atoms with Crippen molar-refractivity contribution >= 4 is 21.5 Å². The normalized spacial score (nSPS) is 14.1. The molecule has 0 saturated carbocycles. The third kappa shape index (κ3) is 8.97. The molecule has 1 atom stereocenters. The van der Waals surface area contributed by atoms with Crippen molar-refractivity contribution in [2.75, 3.05) is 0 Å². The van der Waals surface area contributed by atoms with Crippen molar-refractivity contribution in [2.45, 2.75) is 53.6 Å². The van der Waals surface area contributed by atoms with Gasteiger partial charge in [0.05, 0.1) is 0 Å². The molecule has 1 aliphatic rings. The van der Waals surface area contributed by atoms with E-state index < -0.39 is 0 Å². The van der Waals surface area contributed by atoms with Crippen LogP contribution >= 0.6 is 0 Å². The molecule has 0 bridgehead atoms. The zero-order valence-corrected chi connectivity index (χ0v) is 28.1. The van der Waals surface area contributed by atoms with Gasteiger partial charge in [0.15, 0.2) is 0 Å². The Bertz CT molecular complexity index is 1690. The Balaban J connectivity index is 0.000000225. The maximum Gasteiger partial charge on any atom is 3.00 e. The summed E-state index contributed by atoms with van der Waals surface area (Å²) in [4.78, 5) is 4.70. The molecule has 220 valence electrons. The second-order valence-corrected chi connectivity index (χ2v) is 12.2. The molecule has 0 spiro atoms. The standard InChI is InChI=1S/C26H26N.C13H14N2.Ir/c1-17-12-18(2)14-21(13-17)25-24-9-7-20-15-19(16-26(3,4)5)6-8-22(20)23(24)10-11-27-25;1-2-6-12(7-3-1)9-11-15-13-8-4-5-10-14-13;/h6-13,15H,16H2,1-5H3;1-8,10-11,13,15H,9H2;/q-1;-2;+3. The number of fused-ring (bicyclic) bond motifs is 3. The van der Waals surface area contributed by atoms with Gasteiger partial charge < -0.3 is 15.6 Å². The quantitative estimate of drug-likeness (QED) is 0.139. The van der Waals surface area contributed by atoms with Gasteiger partial charge in [-0.15, -0.1) is 41.3 Å². The van der Waals surface area contributed by atoms with E-state index in [0.717, 1.165) is 29.7 Å².